The predicted octanol–water partition coefficient (Wildman–Crippen LogP) is -0.281. The van der Waals surface area contributed by atoms with Crippen molar-refractivity contribution in [2.75, 3.05) is 7.11 Å². The van der Waals surface area contributed by atoms with Crippen LogP contribution in [0.2, 0.25) is 0 Å². The van der Waals surface area contributed by atoms with Crippen LogP contribution in [0.3, 0.4) is 0 Å². The second-order valence-corrected chi connectivity index (χ2v) is 1.12. The van der Waals surface area contributed by atoms with Crippen LogP contribution in [-0.2, 0) is 9.53 Å². The van der Waals surface area contributed by atoms with Crippen molar-refractivity contribution < 1.29 is 14.6 Å². The van der Waals surface area contributed by atoms with Gasteiger partial charge in [0, 0.05) is 7.11 Å². The number of hydrogen-bond acceptors (Lipinski definition) is 2. The lowest BCUT2D eigenvalue weighted by molar-refractivity contribution is -0.144. The van der Waals surface area contributed by atoms with E-state index in [2.05, 4.69) is 4.74 Å². The number of rotatable bonds is 2. The smallest absolute Gasteiger partial charge is 0.345 e. The van der Waals surface area contributed by atoms with Crippen LogP contribution in [0.4, 0.5) is 0 Å². The van der Waals surface area contributed by atoms with Crippen molar-refractivity contribution in [1.29, 1.82) is 0 Å². The van der Waals surface area contributed by atoms with E-state index in [-0.39, 0.29) is 0 Å². The van der Waals surface area contributed by atoms with Gasteiger partial charge in [0.05, 0.1) is 0 Å². The molecule has 0 aromatic carbocycles. The molecule has 0 aliphatic rings. The molecule has 0 aliphatic carbocycles. The van der Waals surface area contributed by atoms with Gasteiger partial charge < -0.3 is 9.84 Å². The van der Waals surface area contributed by atoms with Crippen LogP contribution in [0.5, 0.6) is 0 Å². The van der Waals surface area contributed by atoms with Gasteiger partial charge in [-0.1, -0.05) is 5.92 Å². The lowest BCUT2D eigenvalue weighted by atomic mass is 10.4. The first kappa shape index (κ1) is 6.99. The van der Waals surface area contributed by atoms with Crippen LogP contribution in [-0.4, -0.2) is 24.3 Å². The Kier molecular flexibility index (Phi) is 2.67. The zero-order chi connectivity index (χ0) is 6.57. The monoisotopic (exact) mass is 114 g/mol. The highest BCUT2D eigenvalue weighted by atomic mass is 16.5. The quantitative estimate of drug-likeness (QED) is 0.502. The lowest BCUT2D eigenvalue weighted by Crippen LogP contribution is -2.19. The van der Waals surface area contributed by atoms with Crippen molar-refractivity contribution >= 4 is 5.97 Å². The van der Waals surface area contributed by atoms with E-state index < -0.39 is 12.1 Å². The number of hydrogen-bond donors (Lipinski definition) is 1. The van der Waals surface area contributed by atoms with Crippen LogP contribution in [0.1, 0.15) is 0 Å². The zero-order valence-electron chi connectivity index (χ0n) is 4.42. The average Bonchev–Trinajstić information content (AvgIpc) is 1.69. The predicted molar refractivity (Wildman–Crippen MR) is 27.3 cm³/mol. The normalized spacial score (nSPS) is 12.0. The lowest BCUT2D eigenvalue weighted by Gasteiger charge is -1.98. The Balaban J connectivity index is 3.76. The first-order valence-corrected chi connectivity index (χ1v) is 1.94. The Hall–Kier alpha value is -1.01. The molecule has 0 spiro atoms. The molecule has 0 bridgehead atoms. The molecule has 0 aliphatic heterocycles. The fraction of sp³-hybridized carbons (Fsp3) is 0.400. The number of carbonyl (C=O) groups is 1. The third kappa shape index (κ3) is 1.63. The maximum atomic E-state index is 9.89. The minimum atomic E-state index is -1.13. The molecule has 0 aromatic rings. The van der Waals surface area contributed by atoms with Gasteiger partial charge in [0.2, 0.25) is 6.10 Å². The first-order chi connectivity index (χ1) is 3.72. The molecule has 3 heteroatoms. The van der Waals surface area contributed by atoms with Gasteiger partial charge in [-0.15, -0.1) is 6.42 Å². The largest absolute Gasteiger partial charge is 0.479 e. The highest BCUT2D eigenvalue weighted by Gasteiger charge is 2.10. The minimum absolute atomic E-state index is 1.10. The fourth-order valence-corrected chi connectivity index (χ4v) is 0.240. The van der Waals surface area contributed by atoms with E-state index in [1.54, 1.807) is 0 Å². The molecule has 0 aromatic heterocycles. The maximum absolute atomic E-state index is 9.89. The second kappa shape index (κ2) is 3.05. The third-order valence-corrected chi connectivity index (χ3v) is 0.611. The number of carboxylic acid groups (broad SMARTS) is 1. The molecule has 1 unspecified atom stereocenters. The highest BCUT2D eigenvalue weighted by molar-refractivity contribution is 5.75. The van der Waals surface area contributed by atoms with Crippen LogP contribution in [0.15, 0.2) is 0 Å². The van der Waals surface area contributed by atoms with E-state index in [0.717, 1.165) is 0 Å². The van der Waals surface area contributed by atoms with Crippen LogP contribution in [0, 0.1) is 12.3 Å². The van der Waals surface area contributed by atoms with Crippen molar-refractivity contribution in [2.24, 2.45) is 0 Å². The summed E-state index contributed by atoms with van der Waals surface area (Å²) in [6, 6.07) is 0. The molecule has 0 radical (unpaired) electrons. The Bertz CT molecular complexity index is 122. The molecular weight excluding hydrogens is 108 g/mol. The molecule has 3 nitrogen and oxygen atoms in total. The van der Waals surface area contributed by atoms with E-state index in [9.17, 15) is 4.79 Å². The van der Waals surface area contributed by atoms with Crippen molar-refractivity contribution in [3.8, 4) is 12.3 Å². The van der Waals surface area contributed by atoms with Crippen LogP contribution < -0.4 is 0 Å². The zero-order valence-corrected chi connectivity index (χ0v) is 4.42. The van der Waals surface area contributed by atoms with Crippen molar-refractivity contribution in [3.05, 3.63) is 0 Å². The minimum Gasteiger partial charge on any atom is -0.479 e. The van der Waals surface area contributed by atoms with Gasteiger partial charge in [0.25, 0.3) is 0 Å². The Morgan fingerprint density at radius 2 is 2.50 bits per heavy atom. The highest BCUT2D eigenvalue weighted by Crippen LogP contribution is 1.84. The molecular formula is C5H6O3. The molecule has 0 amide bonds. The molecule has 44 valence electrons. The topological polar surface area (TPSA) is 46.5 Å². The molecule has 1 N–H and O–H groups in total. The maximum Gasteiger partial charge on any atom is 0.345 e. The van der Waals surface area contributed by atoms with Gasteiger partial charge in [0.1, 0.15) is 0 Å². The van der Waals surface area contributed by atoms with Gasteiger partial charge in [-0.2, -0.15) is 0 Å². The summed E-state index contributed by atoms with van der Waals surface area (Å²) in [4.78, 5) is 9.89. The van der Waals surface area contributed by atoms with Crippen LogP contribution >= 0.6 is 0 Å². The summed E-state index contributed by atoms with van der Waals surface area (Å²) in [6.07, 6.45) is 3.63. The van der Waals surface area contributed by atoms with Gasteiger partial charge in [0.15, 0.2) is 0 Å². The number of methoxy groups -OCH3 is 1. The van der Waals surface area contributed by atoms with Crippen molar-refractivity contribution in [1.82, 2.24) is 0 Å². The van der Waals surface area contributed by atoms with Crippen LogP contribution in [0.25, 0.3) is 0 Å². The van der Waals surface area contributed by atoms with E-state index in [1.165, 1.54) is 7.11 Å². The van der Waals surface area contributed by atoms with Crippen molar-refractivity contribution in [3.63, 3.8) is 0 Å². The molecule has 0 heterocycles. The number of carboxylic acids is 1. The molecule has 0 saturated heterocycles. The number of aliphatic carboxylic acids is 1. The summed E-state index contributed by atoms with van der Waals surface area (Å²) in [6.45, 7) is 0. The average molecular weight is 114 g/mol. The van der Waals surface area contributed by atoms with E-state index in [1.807, 2.05) is 5.92 Å². The Labute approximate surface area is 47.3 Å². The molecule has 0 saturated carbocycles. The summed E-state index contributed by atoms with van der Waals surface area (Å²) in [7, 11) is 1.25. The second-order valence-electron chi connectivity index (χ2n) is 1.12. The summed E-state index contributed by atoms with van der Waals surface area (Å²) < 4.78 is 4.33. The van der Waals surface area contributed by atoms with Crippen molar-refractivity contribution in [2.45, 2.75) is 6.10 Å². The first-order valence-electron chi connectivity index (χ1n) is 1.94. The van der Waals surface area contributed by atoms with E-state index in [0.29, 0.717) is 0 Å². The van der Waals surface area contributed by atoms with Gasteiger partial charge in [-0.25, -0.2) is 4.79 Å². The molecule has 1 atom stereocenters. The molecule has 0 fully saturated rings. The van der Waals surface area contributed by atoms with E-state index in [4.69, 9.17) is 11.5 Å². The standard InChI is InChI=1S/C5H6O3/c1-3-4(8-2)5(6)7/h1,4H,2H3,(H,6,7). The van der Waals surface area contributed by atoms with Gasteiger partial charge in [-0.3, -0.25) is 0 Å². The summed E-state index contributed by atoms with van der Waals surface area (Å²) in [5.41, 5.74) is 0. The van der Waals surface area contributed by atoms with Gasteiger partial charge >= 0.3 is 5.97 Å². The number of ether oxygens (including phenoxy) is 1. The SMILES string of the molecule is C#CC(OC)C(=O)O. The number of terminal acetylenes is 1. The third-order valence-electron chi connectivity index (χ3n) is 0.611. The van der Waals surface area contributed by atoms with E-state index >= 15 is 0 Å². The summed E-state index contributed by atoms with van der Waals surface area (Å²) >= 11 is 0. The molecule has 0 rings (SSSR count). The summed E-state index contributed by atoms with van der Waals surface area (Å²) in [5.74, 6) is 0.800. The Morgan fingerprint density at radius 3 is 2.50 bits per heavy atom. The summed E-state index contributed by atoms with van der Waals surface area (Å²) in [5, 5.41) is 8.11. The van der Waals surface area contributed by atoms with Gasteiger partial charge in [-0.05, 0) is 0 Å². The molecule has 8 heavy (non-hydrogen) atoms. The fourth-order valence-electron chi connectivity index (χ4n) is 0.240. The Morgan fingerprint density at radius 1 is 2.00 bits per heavy atom.